The SMILES string of the molecule is [c]1cccc(-c2ccccc2)c1[SH]1C=CC=C1. The van der Waals surface area contributed by atoms with E-state index in [1.54, 1.807) is 0 Å². The van der Waals surface area contributed by atoms with Crippen LogP contribution >= 0.6 is 10.9 Å². The van der Waals surface area contributed by atoms with Gasteiger partial charge in [-0.05, 0) is 28.0 Å². The molecule has 2 aromatic carbocycles. The van der Waals surface area contributed by atoms with Crippen LogP contribution in [0.5, 0.6) is 0 Å². The Morgan fingerprint density at radius 2 is 1.59 bits per heavy atom. The van der Waals surface area contributed by atoms with E-state index in [-0.39, 0.29) is 10.9 Å². The number of benzene rings is 2. The zero-order valence-corrected chi connectivity index (χ0v) is 10.3. The Labute approximate surface area is 105 Å². The van der Waals surface area contributed by atoms with E-state index >= 15 is 0 Å². The zero-order valence-electron chi connectivity index (χ0n) is 9.38. The first-order chi connectivity index (χ1) is 8.45. The number of thiol groups is 1. The summed E-state index contributed by atoms with van der Waals surface area (Å²) in [5.74, 6) is 0. The molecule has 1 radical (unpaired) electrons. The van der Waals surface area contributed by atoms with Gasteiger partial charge >= 0.3 is 0 Å². The molecule has 1 heterocycles. The van der Waals surface area contributed by atoms with Gasteiger partial charge in [-0.25, -0.2) is 0 Å². The highest BCUT2D eigenvalue weighted by Gasteiger charge is 2.09. The van der Waals surface area contributed by atoms with Crippen LogP contribution in [0.15, 0.2) is 76.4 Å². The molecule has 17 heavy (non-hydrogen) atoms. The monoisotopic (exact) mass is 237 g/mol. The molecule has 0 fully saturated rings. The third-order valence-corrected chi connectivity index (χ3v) is 4.65. The van der Waals surface area contributed by atoms with Crippen LogP contribution in [-0.4, -0.2) is 0 Å². The number of hydrogen-bond donors (Lipinski definition) is 1. The molecule has 0 saturated carbocycles. The molecule has 0 atom stereocenters. The Morgan fingerprint density at radius 3 is 2.35 bits per heavy atom. The third-order valence-electron chi connectivity index (χ3n) is 2.78. The minimum atomic E-state index is -0.301. The highest BCUT2D eigenvalue weighted by Crippen LogP contribution is 2.46. The molecule has 0 aliphatic carbocycles. The van der Waals surface area contributed by atoms with Gasteiger partial charge in [0.25, 0.3) is 0 Å². The van der Waals surface area contributed by atoms with Crippen LogP contribution in [0.2, 0.25) is 0 Å². The fourth-order valence-corrected chi connectivity index (χ4v) is 3.65. The van der Waals surface area contributed by atoms with E-state index in [4.69, 9.17) is 0 Å². The van der Waals surface area contributed by atoms with Gasteiger partial charge in [0.15, 0.2) is 0 Å². The van der Waals surface area contributed by atoms with Gasteiger partial charge in [0.1, 0.15) is 0 Å². The van der Waals surface area contributed by atoms with Gasteiger partial charge in [-0.1, -0.05) is 60.7 Å². The molecule has 0 unspecified atom stereocenters. The number of rotatable bonds is 2. The maximum atomic E-state index is 3.40. The van der Waals surface area contributed by atoms with Crippen molar-refractivity contribution >= 4 is 10.9 Å². The summed E-state index contributed by atoms with van der Waals surface area (Å²) in [7, 11) is -0.301. The molecule has 83 valence electrons. The lowest BCUT2D eigenvalue weighted by Gasteiger charge is -2.15. The van der Waals surface area contributed by atoms with Crippen LogP contribution in [0.25, 0.3) is 11.1 Å². The highest BCUT2D eigenvalue weighted by atomic mass is 32.2. The predicted molar refractivity (Wildman–Crippen MR) is 76.2 cm³/mol. The van der Waals surface area contributed by atoms with E-state index in [1.165, 1.54) is 16.0 Å². The summed E-state index contributed by atoms with van der Waals surface area (Å²) in [5.41, 5.74) is 2.57. The lowest BCUT2D eigenvalue weighted by Crippen LogP contribution is -1.84. The van der Waals surface area contributed by atoms with Crippen LogP contribution in [-0.2, 0) is 0 Å². The van der Waals surface area contributed by atoms with Crippen molar-refractivity contribution in [2.75, 3.05) is 0 Å². The Morgan fingerprint density at radius 1 is 0.824 bits per heavy atom. The number of allylic oxidation sites excluding steroid dienone is 2. The summed E-state index contributed by atoms with van der Waals surface area (Å²) in [5, 5.41) is 4.54. The van der Waals surface area contributed by atoms with E-state index in [0.717, 1.165) is 0 Å². The summed E-state index contributed by atoms with van der Waals surface area (Å²) in [6, 6.07) is 20.2. The van der Waals surface area contributed by atoms with Crippen molar-refractivity contribution in [2.45, 2.75) is 4.90 Å². The van der Waals surface area contributed by atoms with Gasteiger partial charge in [-0.3, -0.25) is 0 Å². The standard InChI is InChI=1S/C16H13S/c1-2-8-14(9-3-1)15-10-4-5-11-16(15)17-12-6-7-13-17/h1-10,12-13,17H. The van der Waals surface area contributed by atoms with Crippen molar-refractivity contribution in [1.82, 2.24) is 0 Å². The molecular weight excluding hydrogens is 224 g/mol. The fraction of sp³-hybridized carbons (Fsp3) is 0. The molecule has 0 aromatic heterocycles. The van der Waals surface area contributed by atoms with E-state index in [0.29, 0.717) is 0 Å². The van der Waals surface area contributed by atoms with E-state index < -0.39 is 0 Å². The molecule has 1 heteroatoms. The van der Waals surface area contributed by atoms with Gasteiger partial charge in [-0.15, -0.1) is 0 Å². The third kappa shape index (κ3) is 2.06. The molecule has 0 bridgehead atoms. The Balaban J connectivity index is 2.11. The summed E-state index contributed by atoms with van der Waals surface area (Å²) < 4.78 is 0. The smallest absolute Gasteiger partial charge is 0.0103 e. The van der Waals surface area contributed by atoms with Crippen molar-refractivity contribution in [3.05, 3.63) is 77.6 Å². The van der Waals surface area contributed by atoms with Gasteiger partial charge in [-0.2, -0.15) is 10.9 Å². The van der Waals surface area contributed by atoms with Crippen LogP contribution in [0, 0.1) is 6.07 Å². The van der Waals surface area contributed by atoms with Gasteiger partial charge in [0.2, 0.25) is 0 Å². The summed E-state index contributed by atoms with van der Waals surface area (Å²) in [6.45, 7) is 0. The summed E-state index contributed by atoms with van der Waals surface area (Å²) in [6.07, 6.45) is 4.25. The van der Waals surface area contributed by atoms with Crippen LogP contribution in [0.3, 0.4) is 0 Å². The van der Waals surface area contributed by atoms with Crippen molar-refractivity contribution in [2.24, 2.45) is 0 Å². The fourth-order valence-electron chi connectivity index (χ4n) is 1.98. The molecule has 0 nitrogen and oxygen atoms in total. The minimum Gasteiger partial charge on any atom is -0.185 e. The molecule has 0 spiro atoms. The average molecular weight is 237 g/mol. The Bertz CT molecular complexity index is 555. The van der Waals surface area contributed by atoms with Crippen LogP contribution < -0.4 is 0 Å². The first-order valence-electron chi connectivity index (χ1n) is 5.64. The molecule has 1 aliphatic rings. The second kappa shape index (κ2) is 4.64. The predicted octanol–water partition coefficient (Wildman–Crippen LogP) is 4.55. The second-order valence-electron chi connectivity index (χ2n) is 3.89. The minimum absolute atomic E-state index is 0.301. The molecule has 1 aliphatic heterocycles. The Kier molecular flexibility index (Phi) is 2.85. The summed E-state index contributed by atoms with van der Waals surface area (Å²) in [4.78, 5) is 1.32. The topological polar surface area (TPSA) is 0 Å². The maximum Gasteiger partial charge on any atom is 0.0103 e. The quantitative estimate of drug-likeness (QED) is 0.727. The van der Waals surface area contributed by atoms with E-state index in [9.17, 15) is 0 Å². The van der Waals surface area contributed by atoms with Gasteiger partial charge in [0.05, 0.1) is 0 Å². The second-order valence-corrected chi connectivity index (χ2v) is 5.75. The van der Waals surface area contributed by atoms with Crippen molar-refractivity contribution in [3.63, 3.8) is 0 Å². The van der Waals surface area contributed by atoms with Gasteiger partial charge < -0.3 is 0 Å². The first-order valence-corrected chi connectivity index (χ1v) is 7.12. The van der Waals surface area contributed by atoms with Crippen LogP contribution in [0.4, 0.5) is 0 Å². The van der Waals surface area contributed by atoms with Crippen molar-refractivity contribution in [1.29, 1.82) is 0 Å². The number of hydrogen-bond acceptors (Lipinski definition) is 0. The van der Waals surface area contributed by atoms with E-state index in [1.807, 2.05) is 6.07 Å². The molecule has 3 rings (SSSR count). The van der Waals surface area contributed by atoms with Crippen molar-refractivity contribution in [3.8, 4) is 11.1 Å². The van der Waals surface area contributed by atoms with Gasteiger partial charge in [0, 0.05) is 4.90 Å². The van der Waals surface area contributed by atoms with Crippen molar-refractivity contribution < 1.29 is 0 Å². The highest BCUT2D eigenvalue weighted by molar-refractivity contribution is 8.22. The molecule has 0 saturated heterocycles. The molecule has 0 amide bonds. The lowest BCUT2D eigenvalue weighted by molar-refractivity contribution is 1.43. The normalized spacial score (nSPS) is 15.4. The zero-order chi connectivity index (χ0) is 11.5. The lowest BCUT2D eigenvalue weighted by atomic mass is 10.1. The van der Waals surface area contributed by atoms with Crippen LogP contribution in [0.1, 0.15) is 0 Å². The Hall–Kier alpha value is -1.73. The molecule has 2 aromatic rings. The average Bonchev–Trinajstić information content (AvgIpc) is 2.94. The molecule has 0 N–H and O–H groups in total. The first kappa shape index (κ1) is 10.4. The largest absolute Gasteiger partial charge is 0.185 e. The van der Waals surface area contributed by atoms with E-state index in [2.05, 4.69) is 71.5 Å². The summed E-state index contributed by atoms with van der Waals surface area (Å²) >= 11 is 0. The molecular formula is C16H13S. The maximum absolute atomic E-state index is 3.40.